The van der Waals surface area contributed by atoms with Crippen LogP contribution in [0.3, 0.4) is 0 Å². The normalized spacial score (nSPS) is 14.8. The van der Waals surface area contributed by atoms with Crippen molar-refractivity contribution in [2.75, 3.05) is 38.0 Å². The monoisotopic (exact) mass is 472 g/mol. The molecule has 3 aromatic rings. The maximum Gasteiger partial charge on any atom is 0.255 e. The Balaban J connectivity index is 1.38. The van der Waals surface area contributed by atoms with E-state index in [-0.39, 0.29) is 18.4 Å². The molecule has 1 saturated heterocycles. The molecule has 0 saturated carbocycles. The summed E-state index contributed by atoms with van der Waals surface area (Å²) in [5.74, 6) is -0.252. The number of rotatable bonds is 5. The number of nitrogens with one attached hydrogen (secondary N) is 1. The van der Waals surface area contributed by atoms with Crippen LogP contribution in [0.15, 0.2) is 55.1 Å². The highest BCUT2D eigenvalue weighted by Crippen LogP contribution is 2.24. The standard InChI is InChI=1S/C22H22Cl2N6O2/c23-16-6-7-20(30-15-25-14-26-30)19(12-16)27-21(31)13-28-8-3-9-29(11-10-28)22(32)17-4-1-2-5-18(17)24/h1-2,4-7,12,14-15H,3,8-11,13H2,(H,27,31). The lowest BCUT2D eigenvalue weighted by molar-refractivity contribution is -0.117. The molecule has 4 rings (SSSR count). The van der Waals surface area contributed by atoms with Gasteiger partial charge in [0, 0.05) is 31.2 Å². The zero-order valence-electron chi connectivity index (χ0n) is 17.2. The first-order valence-electron chi connectivity index (χ1n) is 10.2. The fourth-order valence-corrected chi connectivity index (χ4v) is 4.06. The van der Waals surface area contributed by atoms with E-state index in [0.29, 0.717) is 53.2 Å². The van der Waals surface area contributed by atoms with Gasteiger partial charge in [-0.25, -0.2) is 9.67 Å². The lowest BCUT2D eigenvalue weighted by Gasteiger charge is -2.22. The number of anilines is 1. The van der Waals surface area contributed by atoms with Gasteiger partial charge in [-0.15, -0.1) is 0 Å². The molecule has 2 heterocycles. The molecule has 0 spiro atoms. The van der Waals surface area contributed by atoms with E-state index in [9.17, 15) is 9.59 Å². The van der Waals surface area contributed by atoms with Gasteiger partial charge in [-0.3, -0.25) is 14.5 Å². The highest BCUT2D eigenvalue weighted by molar-refractivity contribution is 6.33. The third kappa shape index (κ3) is 5.27. The molecular weight excluding hydrogens is 451 g/mol. The quantitative estimate of drug-likeness (QED) is 0.615. The van der Waals surface area contributed by atoms with Gasteiger partial charge >= 0.3 is 0 Å². The van der Waals surface area contributed by atoms with Crippen LogP contribution in [0.4, 0.5) is 5.69 Å². The SMILES string of the molecule is O=C(CN1CCCN(C(=O)c2ccccc2Cl)CC1)Nc1cc(Cl)ccc1-n1cncn1. The molecule has 0 bridgehead atoms. The highest BCUT2D eigenvalue weighted by Gasteiger charge is 2.23. The van der Waals surface area contributed by atoms with Gasteiger partial charge in [0.2, 0.25) is 5.91 Å². The first-order chi connectivity index (χ1) is 15.5. The van der Waals surface area contributed by atoms with E-state index < -0.39 is 0 Å². The third-order valence-electron chi connectivity index (χ3n) is 5.25. The molecule has 2 aromatic carbocycles. The molecule has 1 aromatic heterocycles. The fourth-order valence-electron chi connectivity index (χ4n) is 3.67. The fraction of sp³-hybridized carbons (Fsp3) is 0.273. The van der Waals surface area contributed by atoms with Crippen molar-refractivity contribution >= 4 is 40.7 Å². The van der Waals surface area contributed by atoms with Crippen molar-refractivity contribution in [2.24, 2.45) is 0 Å². The molecule has 0 unspecified atom stereocenters. The first kappa shape index (κ1) is 22.3. The second-order valence-electron chi connectivity index (χ2n) is 7.45. The third-order valence-corrected chi connectivity index (χ3v) is 5.81. The number of nitrogens with zero attached hydrogens (tertiary/aromatic N) is 5. The van der Waals surface area contributed by atoms with Crippen LogP contribution in [-0.2, 0) is 4.79 Å². The van der Waals surface area contributed by atoms with Gasteiger partial charge < -0.3 is 10.2 Å². The number of carbonyl (C=O) groups excluding carboxylic acids is 2. The molecule has 1 aliphatic heterocycles. The summed E-state index contributed by atoms with van der Waals surface area (Å²) in [7, 11) is 0. The van der Waals surface area contributed by atoms with Gasteiger partial charge in [0.1, 0.15) is 12.7 Å². The van der Waals surface area contributed by atoms with E-state index in [1.807, 2.05) is 4.90 Å². The van der Waals surface area contributed by atoms with Crippen LogP contribution < -0.4 is 5.32 Å². The number of benzene rings is 2. The maximum atomic E-state index is 12.8. The van der Waals surface area contributed by atoms with E-state index in [1.165, 1.54) is 6.33 Å². The highest BCUT2D eigenvalue weighted by atomic mass is 35.5. The topological polar surface area (TPSA) is 83.4 Å². The van der Waals surface area contributed by atoms with Gasteiger partial charge in [0.25, 0.3) is 5.91 Å². The lowest BCUT2D eigenvalue weighted by atomic mass is 10.2. The van der Waals surface area contributed by atoms with Crippen molar-refractivity contribution in [2.45, 2.75) is 6.42 Å². The van der Waals surface area contributed by atoms with Crippen molar-refractivity contribution in [1.82, 2.24) is 24.6 Å². The number of hydrogen-bond donors (Lipinski definition) is 1. The van der Waals surface area contributed by atoms with Crippen LogP contribution in [0.25, 0.3) is 5.69 Å². The van der Waals surface area contributed by atoms with Crippen molar-refractivity contribution in [3.05, 3.63) is 70.7 Å². The van der Waals surface area contributed by atoms with Crippen molar-refractivity contribution < 1.29 is 9.59 Å². The summed E-state index contributed by atoms with van der Waals surface area (Å²) in [6.07, 6.45) is 3.75. The number of aromatic nitrogens is 3. The van der Waals surface area contributed by atoms with Gasteiger partial charge in [-0.2, -0.15) is 5.10 Å². The molecule has 8 nitrogen and oxygen atoms in total. The number of carbonyl (C=O) groups is 2. The molecule has 10 heteroatoms. The van der Waals surface area contributed by atoms with Crippen molar-refractivity contribution in [3.63, 3.8) is 0 Å². The summed E-state index contributed by atoms with van der Waals surface area (Å²) in [5, 5.41) is 8.00. The molecule has 0 radical (unpaired) electrons. The predicted molar refractivity (Wildman–Crippen MR) is 123 cm³/mol. The van der Waals surface area contributed by atoms with Gasteiger partial charge in [-0.1, -0.05) is 35.3 Å². The smallest absolute Gasteiger partial charge is 0.255 e. The minimum Gasteiger partial charge on any atom is -0.337 e. The zero-order valence-corrected chi connectivity index (χ0v) is 18.8. The Hall–Kier alpha value is -2.94. The van der Waals surface area contributed by atoms with E-state index in [4.69, 9.17) is 23.2 Å². The molecule has 0 atom stereocenters. The Morgan fingerprint density at radius 1 is 1.03 bits per heavy atom. The van der Waals surface area contributed by atoms with Crippen molar-refractivity contribution in [3.8, 4) is 5.69 Å². The predicted octanol–water partition coefficient (Wildman–Crippen LogP) is 3.36. The molecule has 2 amide bonds. The molecule has 0 aliphatic carbocycles. The summed E-state index contributed by atoms with van der Waals surface area (Å²) >= 11 is 12.3. The molecule has 32 heavy (non-hydrogen) atoms. The second-order valence-corrected chi connectivity index (χ2v) is 8.30. The Kier molecular flexibility index (Phi) is 7.04. The Morgan fingerprint density at radius 3 is 2.66 bits per heavy atom. The molecule has 1 aliphatic rings. The van der Waals surface area contributed by atoms with E-state index in [1.54, 1.807) is 58.4 Å². The minimum absolute atomic E-state index is 0.0849. The second kappa shape index (κ2) is 10.1. The number of amides is 2. The molecule has 166 valence electrons. The van der Waals surface area contributed by atoms with Crippen LogP contribution in [-0.4, -0.2) is 69.1 Å². The van der Waals surface area contributed by atoms with Crippen molar-refractivity contribution in [1.29, 1.82) is 0 Å². The van der Waals surface area contributed by atoms with E-state index in [0.717, 1.165) is 6.42 Å². The van der Waals surface area contributed by atoms with Gasteiger partial charge in [0.05, 0.1) is 28.5 Å². The summed E-state index contributed by atoms with van der Waals surface area (Å²) < 4.78 is 1.57. The van der Waals surface area contributed by atoms with Gasteiger partial charge in [0.15, 0.2) is 0 Å². The molecular formula is C22H22Cl2N6O2. The average molecular weight is 473 g/mol. The summed E-state index contributed by atoms with van der Waals surface area (Å²) in [5.41, 5.74) is 1.73. The van der Waals surface area contributed by atoms with Crippen LogP contribution in [0, 0.1) is 0 Å². The largest absolute Gasteiger partial charge is 0.337 e. The summed E-state index contributed by atoms with van der Waals surface area (Å²) in [6, 6.07) is 12.2. The van der Waals surface area contributed by atoms with Crippen LogP contribution in [0.5, 0.6) is 0 Å². The van der Waals surface area contributed by atoms with E-state index >= 15 is 0 Å². The average Bonchev–Trinajstić information content (AvgIpc) is 3.20. The Bertz CT molecular complexity index is 1110. The molecule has 1 N–H and O–H groups in total. The Morgan fingerprint density at radius 2 is 1.88 bits per heavy atom. The molecule has 1 fully saturated rings. The van der Waals surface area contributed by atoms with Crippen LogP contribution >= 0.6 is 23.2 Å². The Labute approximate surface area is 195 Å². The summed E-state index contributed by atoms with van der Waals surface area (Å²) in [4.78, 5) is 33.4. The lowest BCUT2D eigenvalue weighted by Crippen LogP contribution is -2.38. The first-order valence-corrected chi connectivity index (χ1v) is 11.0. The van der Waals surface area contributed by atoms with E-state index in [2.05, 4.69) is 15.4 Å². The van der Waals surface area contributed by atoms with Crippen LogP contribution in [0.2, 0.25) is 10.0 Å². The number of hydrogen-bond acceptors (Lipinski definition) is 5. The zero-order chi connectivity index (χ0) is 22.5. The number of halogens is 2. The minimum atomic E-state index is -0.167. The summed E-state index contributed by atoms with van der Waals surface area (Å²) in [6.45, 7) is 2.66. The maximum absolute atomic E-state index is 12.8. The van der Waals surface area contributed by atoms with Crippen LogP contribution in [0.1, 0.15) is 16.8 Å². The van der Waals surface area contributed by atoms with Gasteiger partial charge in [-0.05, 0) is 36.8 Å².